The summed E-state index contributed by atoms with van der Waals surface area (Å²) in [5.41, 5.74) is 0. The Morgan fingerprint density at radius 2 is 1.94 bits per heavy atom. The first-order valence-corrected chi connectivity index (χ1v) is 10.9. The number of thioether (sulfide) groups is 1. The van der Waals surface area contributed by atoms with Gasteiger partial charge in [0.2, 0.25) is 0 Å². The summed E-state index contributed by atoms with van der Waals surface area (Å²) < 4.78 is 6.79. The highest BCUT2D eigenvalue weighted by molar-refractivity contribution is 9.10. The van der Waals surface area contributed by atoms with E-state index >= 15 is 0 Å². The molecule has 0 radical (unpaired) electrons. The van der Waals surface area contributed by atoms with Crippen molar-refractivity contribution in [3.63, 3.8) is 0 Å². The molecule has 4 heteroatoms. The Hall–Kier alpha value is 0.227. The lowest BCUT2D eigenvalue weighted by molar-refractivity contribution is 0.198. The fraction of sp³-hybridized carbons (Fsp3) is 0.500. The molecule has 0 spiro atoms. The van der Waals surface area contributed by atoms with Crippen molar-refractivity contribution >= 4 is 35.8 Å². The third-order valence-electron chi connectivity index (χ3n) is 2.13. The van der Waals surface area contributed by atoms with Gasteiger partial charge in [-0.25, -0.2) is 0 Å². The first kappa shape index (κ1) is 14.3. The SMILES string of the molecule is C[Si](C)(C)CCOCSc1ccccc1Br. The van der Waals surface area contributed by atoms with Gasteiger partial charge in [-0.1, -0.05) is 43.5 Å². The Morgan fingerprint density at radius 1 is 1.25 bits per heavy atom. The van der Waals surface area contributed by atoms with Gasteiger partial charge in [-0.2, -0.15) is 0 Å². The summed E-state index contributed by atoms with van der Waals surface area (Å²) in [6, 6.07) is 9.49. The summed E-state index contributed by atoms with van der Waals surface area (Å²) >= 11 is 5.27. The van der Waals surface area contributed by atoms with Crippen LogP contribution in [0.25, 0.3) is 0 Å². The van der Waals surface area contributed by atoms with Crippen molar-refractivity contribution in [1.29, 1.82) is 0 Å². The summed E-state index contributed by atoms with van der Waals surface area (Å²) in [4.78, 5) is 1.25. The van der Waals surface area contributed by atoms with Gasteiger partial charge >= 0.3 is 0 Å². The number of ether oxygens (including phenoxy) is 1. The van der Waals surface area contributed by atoms with E-state index < -0.39 is 8.07 Å². The van der Waals surface area contributed by atoms with E-state index in [1.54, 1.807) is 11.8 Å². The molecule has 0 N–H and O–H groups in total. The normalized spacial score (nSPS) is 11.8. The number of hydrogen-bond acceptors (Lipinski definition) is 2. The highest BCUT2D eigenvalue weighted by Crippen LogP contribution is 2.26. The van der Waals surface area contributed by atoms with E-state index in [1.807, 2.05) is 6.07 Å². The third-order valence-corrected chi connectivity index (χ3v) is 5.74. The maximum absolute atomic E-state index is 5.65. The van der Waals surface area contributed by atoms with Crippen molar-refractivity contribution < 1.29 is 4.74 Å². The Morgan fingerprint density at radius 3 is 2.56 bits per heavy atom. The minimum Gasteiger partial charge on any atom is -0.371 e. The summed E-state index contributed by atoms with van der Waals surface area (Å²) in [6.45, 7) is 8.01. The molecule has 0 amide bonds. The second kappa shape index (κ2) is 6.84. The van der Waals surface area contributed by atoms with Crippen molar-refractivity contribution in [2.45, 2.75) is 30.6 Å². The molecule has 0 bridgehead atoms. The molecule has 90 valence electrons. The van der Waals surface area contributed by atoms with E-state index in [4.69, 9.17) is 4.74 Å². The zero-order valence-corrected chi connectivity index (χ0v) is 13.5. The lowest BCUT2D eigenvalue weighted by atomic mass is 10.4. The second-order valence-electron chi connectivity index (χ2n) is 4.91. The monoisotopic (exact) mass is 318 g/mol. The highest BCUT2D eigenvalue weighted by atomic mass is 79.9. The number of halogens is 1. The van der Waals surface area contributed by atoms with E-state index in [0.717, 1.165) is 17.0 Å². The van der Waals surface area contributed by atoms with Gasteiger partial charge in [0.05, 0.1) is 5.94 Å². The van der Waals surface area contributed by atoms with Crippen molar-refractivity contribution in [2.24, 2.45) is 0 Å². The van der Waals surface area contributed by atoms with Gasteiger partial charge in [0.15, 0.2) is 0 Å². The molecular weight excluding hydrogens is 300 g/mol. The average Bonchev–Trinajstić information content (AvgIpc) is 2.18. The lowest BCUT2D eigenvalue weighted by Crippen LogP contribution is -2.21. The molecule has 0 heterocycles. The fourth-order valence-corrected chi connectivity index (χ4v) is 3.20. The first-order valence-electron chi connectivity index (χ1n) is 5.44. The Bertz CT molecular complexity index is 325. The fourth-order valence-electron chi connectivity index (χ4n) is 1.10. The van der Waals surface area contributed by atoms with Crippen LogP contribution in [0.1, 0.15) is 0 Å². The zero-order chi connectivity index (χ0) is 12.0. The van der Waals surface area contributed by atoms with Crippen molar-refractivity contribution in [3.05, 3.63) is 28.7 Å². The minimum atomic E-state index is -0.941. The van der Waals surface area contributed by atoms with Gasteiger partial charge in [-0.3, -0.25) is 0 Å². The van der Waals surface area contributed by atoms with Crippen LogP contribution in [0.4, 0.5) is 0 Å². The summed E-state index contributed by atoms with van der Waals surface area (Å²) in [5, 5.41) is 0. The van der Waals surface area contributed by atoms with Gasteiger partial charge < -0.3 is 4.74 Å². The van der Waals surface area contributed by atoms with Crippen LogP contribution in [0.3, 0.4) is 0 Å². The van der Waals surface area contributed by atoms with Gasteiger partial charge in [0.25, 0.3) is 0 Å². The molecule has 0 saturated heterocycles. The standard InChI is InChI=1S/C12H19BrOSSi/c1-16(2,3)9-8-14-10-15-12-7-5-4-6-11(12)13/h4-7H,8-10H2,1-3H3. The number of rotatable bonds is 6. The predicted octanol–water partition coefficient (Wildman–Crippen LogP) is 4.85. The predicted molar refractivity (Wildman–Crippen MR) is 79.0 cm³/mol. The minimum absolute atomic E-state index is 0.743. The molecule has 0 aliphatic rings. The van der Waals surface area contributed by atoms with Crippen LogP contribution in [0.5, 0.6) is 0 Å². The van der Waals surface area contributed by atoms with Gasteiger partial charge in [0, 0.05) is 24.0 Å². The van der Waals surface area contributed by atoms with Gasteiger partial charge in [-0.05, 0) is 34.1 Å². The van der Waals surface area contributed by atoms with E-state index in [1.165, 1.54) is 10.9 Å². The largest absolute Gasteiger partial charge is 0.371 e. The van der Waals surface area contributed by atoms with Crippen LogP contribution in [-0.2, 0) is 4.74 Å². The Balaban J connectivity index is 2.19. The van der Waals surface area contributed by atoms with Crippen LogP contribution < -0.4 is 0 Å². The third kappa shape index (κ3) is 6.08. The van der Waals surface area contributed by atoms with Crippen molar-refractivity contribution in [2.75, 3.05) is 12.5 Å². The molecular formula is C12H19BrOSSi. The van der Waals surface area contributed by atoms with Crippen molar-refractivity contribution in [3.8, 4) is 0 Å². The topological polar surface area (TPSA) is 9.23 Å². The molecule has 0 aliphatic heterocycles. The maximum atomic E-state index is 5.65. The zero-order valence-electron chi connectivity index (χ0n) is 10.1. The molecule has 16 heavy (non-hydrogen) atoms. The molecule has 0 fully saturated rings. The van der Waals surface area contributed by atoms with Crippen LogP contribution in [-0.4, -0.2) is 20.6 Å². The Kier molecular flexibility index (Phi) is 6.11. The molecule has 0 saturated carbocycles. The smallest absolute Gasteiger partial charge is 0.0967 e. The number of hydrogen-bond donors (Lipinski definition) is 0. The van der Waals surface area contributed by atoms with E-state index in [-0.39, 0.29) is 0 Å². The lowest BCUT2D eigenvalue weighted by Gasteiger charge is -2.15. The molecule has 0 aliphatic carbocycles. The molecule has 0 atom stereocenters. The molecule has 0 unspecified atom stereocenters. The Labute approximate surface area is 112 Å². The molecule has 1 nitrogen and oxygen atoms in total. The summed E-state index contributed by atoms with van der Waals surface area (Å²) in [5.74, 6) is 0.743. The molecule has 1 aromatic carbocycles. The van der Waals surface area contributed by atoms with Crippen LogP contribution in [0.15, 0.2) is 33.6 Å². The quantitative estimate of drug-likeness (QED) is 0.321. The molecule has 1 aromatic rings. The van der Waals surface area contributed by atoms with E-state index in [2.05, 4.69) is 53.8 Å². The molecule has 1 rings (SSSR count). The van der Waals surface area contributed by atoms with E-state index in [0.29, 0.717) is 0 Å². The second-order valence-corrected chi connectivity index (χ2v) is 12.4. The summed E-state index contributed by atoms with van der Waals surface area (Å²) in [7, 11) is -0.941. The van der Waals surface area contributed by atoms with E-state index in [9.17, 15) is 0 Å². The van der Waals surface area contributed by atoms with Crippen LogP contribution in [0.2, 0.25) is 25.7 Å². The van der Waals surface area contributed by atoms with Crippen molar-refractivity contribution in [1.82, 2.24) is 0 Å². The number of benzene rings is 1. The van der Waals surface area contributed by atoms with Gasteiger partial charge in [-0.15, -0.1) is 0 Å². The van der Waals surface area contributed by atoms with Crippen LogP contribution >= 0.6 is 27.7 Å². The molecule has 0 aromatic heterocycles. The maximum Gasteiger partial charge on any atom is 0.0967 e. The highest BCUT2D eigenvalue weighted by Gasteiger charge is 2.11. The summed E-state index contributed by atoms with van der Waals surface area (Å²) in [6.07, 6.45) is 0. The average molecular weight is 319 g/mol. The first-order chi connectivity index (χ1) is 7.49. The van der Waals surface area contributed by atoms with Gasteiger partial charge in [0.1, 0.15) is 0 Å². The van der Waals surface area contributed by atoms with Crippen LogP contribution in [0, 0.1) is 0 Å².